The van der Waals surface area contributed by atoms with Crippen LogP contribution in [0.15, 0.2) is 78.9 Å². The second kappa shape index (κ2) is 9.43. The number of hydrogen-bond acceptors (Lipinski definition) is 3. The Bertz CT molecular complexity index is 844. The molecule has 2 N–H and O–H groups in total. The molecule has 4 heteroatoms. The summed E-state index contributed by atoms with van der Waals surface area (Å²) in [7, 11) is 1.66. The van der Waals surface area contributed by atoms with Gasteiger partial charge in [0.25, 0.3) is 0 Å². The third kappa shape index (κ3) is 5.89. The summed E-state index contributed by atoms with van der Waals surface area (Å²) in [6.07, 6.45) is 1.22. The number of methoxy groups -OCH3 is 1. The van der Waals surface area contributed by atoms with E-state index in [9.17, 15) is 4.79 Å². The van der Waals surface area contributed by atoms with Crippen LogP contribution in [0.5, 0.6) is 5.75 Å². The Balaban J connectivity index is 1.45. The highest BCUT2D eigenvalue weighted by molar-refractivity contribution is 5.91. The summed E-state index contributed by atoms with van der Waals surface area (Å²) in [5, 5.41) is 6.32. The van der Waals surface area contributed by atoms with Crippen molar-refractivity contribution in [2.75, 3.05) is 17.7 Å². The molecule has 0 aliphatic heterocycles. The van der Waals surface area contributed by atoms with Crippen molar-refractivity contribution in [3.63, 3.8) is 0 Å². The minimum atomic E-state index is 0.0257. The maximum atomic E-state index is 12.1. The van der Waals surface area contributed by atoms with Gasteiger partial charge in [0, 0.05) is 24.3 Å². The van der Waals surface area contributed by atoms with Crippen LogP contribution in [0.4, 0.5) is 11.4 Å². The number of aryl methyl sites for hydroxylation is 1. The molecular weight excluding hydrogens is 336 g/mol. The first-order valence-corrected chi connectivity index (χ1v) is 9.03. The molecule has 0 saturated carbocycles. The Morgan fingerprint density at radius 1 is 0.815 bits per heavy atom. The highest BCUT2D eigenvalue weighted by atomic mass is 16.5. The summed E-state index contributed by atoms with van der Waals surface area (Å²) in [5.74, 6) is 0.879. The monoisotopic (exact) mass is 360 g/mol. The number of rotatable bonds is 8. The zero-order valence-electron chi connectivity index (χ0n) is 15.4. The molecule has 4 nitrogen and oxygen atoms in total. The third-order valence-electron chi connectivity index (χ3n) is 4.31. The summed E-state index contributed by atoms with van der Waals surface area (Å²) in [6, 6.07) is 25.8. The highest BCUT2D eigenvalue weighted by Crippen LogP contribution is 2.16. The standard InChI is InChI=1S/C23H24N2O2/c1-27-22-14-7-19(8-15-22)17-24-20-10-12-21(13-11-20)25-23(26)16-9-18-5-3-2-4-6-18/h2-8,10-15,24H,9,16-17H2,1H3,(H,25,26). The molecule has 3 aromatic carbocycles. The van der Waals surface area contributed by atoms with Gasteiger partial charge in [0.1, 0.15) is 5.75 Å². The van der Waals surface area contributed by atoms with Crippen molar-refractivity contribution in [3.8, 4) is 5.75 Å². The molecule has 0 heterocycles. The Morgan fingerprint density at radius 2 is 1.48 bits per heavy atom. The van der Waals surface area contributed by atoms with Gasteiger partial charge in [0.15, 0.2) is 0 Å². The number of anilines is 2. The molecule has 0 spiro atoms. The maximum Gasteiger partial charge on any atom is 0.224 e. The van der Waals surface area contributed by atoms with E-state index in [-0.39, 0.29) is 5.91 Å². The molecule has 1 amide bonds. The van der Waals surface area contributed by atoms with E-state index in [4.69, 9.17) is 4.74 Å². The van der Waals surface area contributed by atoms with Crippen molar-refractivity contribution >= 4 is 17.3 Å². The molecule has 0 saturated heterocycles. The highest BCUT2D eigenvalue weighted by Gasteiger charge is 2.03. The lowest BCUT2D eigenvalue weighted by atomic mass is 10.1. The number of benzene rings is 3. The molecule has 0 aliphatic carbocycles. The van der Waals surface area contributed by atoms with Gasteiger partial charge in [0.05, 0.1) is 7.11 Å². The van der Waals surface area contributed by atoms with Crippen molar-refractivity contribution in [1.29, 1.82) is 0 Å². The zero-order chi connectivity index (χ0) is 18.9. The molecule has 3 rings (SSSR count). The van der Waals surface area contributed by atoms with E-state index < -0.39 is 0 Å². The number of carbonyl (C=O) groups is 1. The van der Waals surface area contributed by atoms with Gasteiger partial charge in [-0.05, 0) is 53.9 Å². The average molecular weight is 360 g/mol. The largest absolute Gasteiger partial charge is 0.497 e. The molecular formula is C23H24N2O2. The first-order valence-electron chi connectivity index (χ1n) is 9.03. The van der Waals surface area contributed by atoms with Crippen LogP contribution >= 0.6 is 0 Å². The summed E-state index contributed by atoms with van der Waals surface area (Å²) in [5.41, 5.74) is 4.16. The van der Waals surface area contributed by atoms with Crippen molar-refractivity contribution in [3.05, 3.63) is 90.0 Å². The van der Waals surface area contributed by atoms with Crippen LogP contribution in [-0.2, 0) is 17.8 Å². The van der Waals surface area contributed by atoms with Crippen molar-refractivity contribution in [2.24, 2.45) is 0 Å². The SMILES string of the molecule is COc1ccc(CNc2ccc(NC(=O)CCc3ccccc3)cc2)cc1. The van der Waals surface area contributed by atoms with Crippen molar-refractivity contribution in [1.82, 2.24) is 0 Å². The number of nitrogens with one attached hydrogen (secondary N) is 2. The Hall–Kier alpha value is -3.27. The number of carbonyl (C=O) groups excluding carboxylic acids is 1. The smallest absolute Gasteiger partial charge is 0.224 e. The van der Waals surface area contributed by atoms with E-state index in [2.05, 4.69) is 10.6 Å². The average Bonchev–Trinajstić information content (AvgIpc) is 2.73. The number of amides is 1. The zero-order valence-corrected chi connectivity index (χ0v) is 15.4. The fraction of sp³-hybridized carbons (Fsp3) is 0.174. The van der Waals surface area contributed by atoms with E-state index >= 15 is 0 Å². The summed E-state index contributed by atoms with van der Waals surface area (Å²) < 4.78 is 5.16. The lowest BCUT2D eigenvalue weighted by molar-refractivity contribution is -0.116. The molecule has 0 aliphatic rings. The van der Waals surface area contributed by atoms with Gasteiger partial charge in [0.2, 0.25) is 5.91 Å². The summed E-state index contributed by atoms with van der Waals surface area (Å²) >= 11 is 0. The molecule has 0 unspecified atom stereocenters. The van der Waals surface area contributed by atoms with E-state index in [0.717, 1.165) is 30.1 Å². The second-order valence-electron chi connectivity index (χ2n) is 6.31. The van der Waals surface area contributed by atoms with Crippen LogP contribution in [0.2, 0.25) is 0 Å². The topological polar surface area (TPSA) is 50.4 Å². The molecule has 138 valence electrons. The Kier molecular flexibility index (Phi) is 6.47. The molecule has 3 aromatic rings. The summed E-state index contributed by atoms with van der Waals surface area (Å²) in [4.78, 5) is 12.1. The van der Waals surface area contributed by atoms with E-state index in [1.54, 1.807) is 7.11 Å². The van der Waals surface area contributed by atoms with E-state index in [1.165, 1.54) is 11.1 Å². The molecule has 0 bridgehead atoms. The van der Waals surface area contributed by atoms with Crippen LogP contribution in [0.25, 0.3) is 0 Å². The van der Waals surface area contributed by atoms with Gasteiger partial charge in [-0.15, -0.1) is 0 Å². The van der Waals surface area contributed by atoms with Gasteiger partial charge >= 0.3 is 0 Å². The number of hydrogen-bond donors (Lipinski definition) is 2. The van der Waals surface area contributed by atoms with Crippen LogP contribution in [0.3, 0.4) is 0 Å². The minimum Gasteiger partial charge on any atom is -0.497 e. The van der Waals surface area contributed by atoms with Gasteiger partial charge < -0.3 is 15.4 Å². The quantitative estimate of drug-likeness (QED) is 0.602. The molecule has 0 radical (unpaired) electrons. The molecule has 27 heavy (non-hydrogen) atoms. The van der Waals surface area contributed by atoms with Crippen LogP contribution < -0.4 is 15.4 Å². The van der Waals surface area contributed by atoms with Gasteiger partial charge in [-0.25, -0.2) is 0 Å². The third-order valence-corrected chi connectivity index (χ3v) is 4.31. The first kappa shape index (κ1) is 18.5. The molecule has 0 atom stereocenters. The van der Waals surface area contributed by atoms with E-state index in [1.807, 2.05) is 78.9 Å². The van der Waals surface area contributed by atoms with Gasteiger partial charge in [-0.1, -0.05) is 42.5 Å². The van der Waals surface area contributed by atoms with Crippen LogP contribution in [0.1, 0.15) is 17.5 Å². The van der Waals surface area contributed by atoms with Crippen molar-refractivity contribution in [2.45, 2.75) is 19.4 Å². The fourth-order valence-electron chi connectivity index (χ4n) is 2.74. The minimum absolute atomic E-state index is 0.0257. The fourth-order valence-corrected chi connectivity index (χ4v) is 2.74. The van der Waals surface area contributed by atoms with Gasteiger partial charge in [-0.3, -0.25) is 4.79 Å². The van der Waals surface area contributed by atoms with Crippen molar-refractivity contribution < 1.29 is 9.53 Å². The lowest BCUT2D eigenvalue weighted by Gasteiger charge is -2.09. The summed E-state index contributed by atoms with van der Waals surface area (Å²) in [6.45, 7) is 0.729. The maximum absolute atomic E-state index is 12.1. The first-order chi connectivity index (χ1) is 13.2. The van der Waals surface area contributed by atoms with E-state index in [0.29, 0.717) is 6.42 Å². The Labute approximate surface area is 160 Å². The second-order valence-corrected chi connectivity index (χ2v) is 6.31. The van der Waals surface area contributed by atoms with Gasteiger partial charge in [-0.2, -0.15) is 0 Å². The van der Waals surface area contributed by atoms with Crippen LogP contribution in [-0.4, -0.2) is 13.0 Å². The number of ether oxygens (including phenoxy) is 1. The Morgan fingerprint density at radius 3 is 2.15 bits per heavy atom. The predicted molar refractivity (Wildman–Crippen MR) is 110 cm³/mol. The lowest BCUT2D eigenvalue weighted by Crippen LogP contribution is -2.12. The molecule has 0 fully saturated rings. The van der Waals surface area contributed by atoms with Crippen LogP contribution in [0, 0.1) is 0 Å². The predicted octanol–water partition coefficient (Wildman–Crippen LogP) is 4.88. The molecule has 0 aromatic heterocycles. The normalized spacial score (nSPS) is 10.3.